The van der Waals surface area contributed by atoms with E-state index in [1.165, 1.54) is 50.8 Å². The molecule has 1 saturated heterocycles. The molecule has 0 bridgehead atoms. The van der Waals surface area contributed by atoms with E-state index in [1.807, 2.05) is 12.4 Å². The Morgan fingerprint density at radius 3 is 2.78 bits per heavy atom. The standard InChI is InChI=1S/C15H23N3/c16-8-7-15(5-6-15)12-18-11-1-2-14(18)13-3-9-17-10-4-13/h3-4,9-10,14H,1-2,5-8,11-12,16H2. The summed E-state index contributed by atoms with van der Waals surface area (Å²) in [4.78, 5) is 6.80. The number of pyridine rings is 1. The van der Waals surface area contributed by atoms with Gasteiger partial charge in [0, 0.05) is 25.0 Å². The maximum atomic E-state index is 5.75. The molecule has 0 spiro atoms. The van der Waals surface area contributed by atoms with E-state index in [1.54, 1.807) is 0 Å². The lowest BCUT2D eigenvalue weighted by atomic mass is 10.00. The van der Waals surface area contributed by atoms with Gasteiger partial charge in [-0.15, -0.1) is 0 Å². The highest BCUT2D eigenvalue weighted by Gasteiger charge is 2.44. The first-order chi connectivity index (χ1) is 8.83. The molecule has 1 aromatic heterocycles. The molecule has 1 unspecified atom stereocenters. The van der Waals surface area contributed by atoms with Gasteiger partial charge in [-0.05, 0) is 68.3 Å². The van der Waals surface area contributed by atoms with Crippen molar-refractivity contribution in [2.24, 2.45) is 11.1 Å². The van der Waals surface area contributed by atoms with Gasteiger partial charge in [-0.2, -0.15) is 0 Å². The van der Waals surface area contributed by atoms with Crippen LogP contribution in [0.1, 0.15) is 43.7 Å². The molecule has 1 saturated carbocycles. The summed E-state index contributed by atoms with van der Waals surface area (Å²) in [6.07, 6.45) is 10.4. The van der Waals surface area contributed by atoms with E-state index in [9.17, 15) is 0 Å². The average molecular weight is 245 g/mol. The molecular formula is C15H23N3. The first-order valence-electron chi connectivity index (χ1n) is 7.17. The Bertz CT molecular complexity index is 386. The minimum atomic E-state index is 0.560. The fourth-order valence-corrected chi connectivity index (χ4v) is 3.38. The van der Waals surface area contributed by atoms with Crippen LogP contribution in [0.3, 0.4) is 0 Å². The van der Waals surface area contributed by atoms with Crippen molar-refractivity contribution in [3.05, 3.63) is 30.1 Å². The Labute approximate surface area is 109 Å². The second-order valence-corrected chi connectivity index (χ2v) is 5.95. The molecule has 18 heavy (non-hydrogen) atoms. The molecule has 2 aliphatic rings. The predicted octanol–water partition coefficient (Wildman–Crippen LogP) is 2.35. The van der Waals surface area contributed by atoms with Gasteiger partial charge in [0.15, 0.2) is 0 Å². The second-order valence-electron chi connectivity index (χ2n) is 5.95. The minimum absolute atomic E-state index is 0.560. The van der Waals surface area contributed by atoms with E-state index in [-0.39, 0.29) is 0 Å². The minimum Gasteiger partial charge on any atom is -0.330 e. The van der Waals surface area contributed by atoms with Gasteiger partial charge in [0.05, 0.1) is 0 Å². The molecule has 2 N–H and O–H groups in total. The summed E-state index contributed by atoms with van der Waals surface area (Å²) < 4.78 is 0. The SMILES string of the molecule is NCCC1(CN2CCCC2c2ccncc2)CC1. The molecule has 1 atom stereocenters. The van der Waals surface area contributed by atoms with E-state index in [0.717, 1.165) is 6.54 Å². The summed E-state index contributed by atoms with van der Waals surface area (Å²) in [7, 11) is 0. The highest BCUT2D eigenvalue weighted by Crippen LogP contribution is 2.50. The van der Waals surface area contributed by atoms with Crippen LogP contribution in [0.4, 0.5) is 0 Å². The van der Waals surface area contributed by atoms with Gasteiger partial charge >= 0.3 is 0 Å². The number of rotatable bonds is 5. The summed E-state index contributed by atoms with van der Waals surface area (Å²) in [5, 5.41) is 0. The molecule has 0 radical (unpaired) electrons. The smallest absolute Gasteiger partial charge is 0.0349 e. The first-order valence-corrected chi connectivity index (χ1v) is 7.17. The summed E-state index contributed by atoms with van der Waals surface area (Å²) in [5.74, 6) is 0. The molecule has 3 nitrogen and oxygen atoms in total. The zero-order valence-electron chi connectivity index (χ0n) is 11.0. The second kappa shape index (κ2) is 4.98. The zero-order valence-corrected chi connectivity index (χ0v) is 11.0. The highest BCUT2D eigenvalue weighted by atomic mass is 15.2. The molecule has 0 amide bonds. The average Bonchev–Trinajstić information content (AvgIpc) is 3.00. The van der Waals surface area contributed by atoms with Crippen molar-refractivity contribution in [3.8, 4) is 0 Å². The van der Waals surface area contributed by atoms with Gasteiger partial charge in [0.1, 0.15) is 0 Å². The Morgan fingerprint density at radius 2 is 2.11 bits per heavy atom. The van der Waals surface area contributed by atoms with Crippen LogP contribution in [0.2, 0.25) is 0 Å². The monoisotopic (exact) mass is 245 g/mol. The molecule has 2 fully saturated rings. The Kier molecular flexibility index (Phi) is 3.35. The molecule has 3 heteroatoms. The van der Waals surface area contributed by atoms with Crippen LogP contribution in [0, 0.1) is 5.41 Å². The van der Waals surface area contributed by atoms with E-state index >= 15 is 0 Å². The number of aromatic nitrogens is 1. The zero-order chi connectivity index (χ0) is 12.4. The molecule has 0 aromatic carbocycles. The van der Waals surface area contributed by atoms with Crippen molar-refractivity contribution in [1.82, 2.24) is 9.88 Å². The number of likely N-dealkylation sites (tertiary alicyclic amines) is 1. The number of nitrogens with zero attached hydrogens (tertiary/aromatic N) is 2. The fourth-order valence-electron chi connectivity index (χ4n) is 3.38. The number of hydrogen-bond donors (Lipinski definition) is 1. The van der Waals surface area contributed by atoms with Crippen molar-refractivity contribution >= 4 is 0 Å². The van der Waals surface area contributed by atoms with E-state index in [0.29, 0.717) is 11.5 Å². The van der Waals surface area contributed by atoms with Crippen molar-refractivity contribution in [1.29, 1.82) is 0 Å². The normalized spacial score (nSPS) is 26.4. The Hall–Kier alpha value is -0.930. The van der Waals surface area contributed by atoms with Gasteiger partial charge in [-0.3, -0.25) is 9.88 Å². The fraction of sp³-hybridized carbons (Fsp3) is 0.667. The van der Waals surface area contributed by atoms with Crippen LogP contribution in [0.25, 0.3) is 0 Å². The lowest BCUT2D eigenvalue weighted by Crippen LogP contribution is -2.31. The van der Waals surface area contributed by atoms with E-state index < -0.39 is 0 Å². The van der Waals surface area contributed by atoms with E-state index in [2.05, 4.69) is 22.0 Å². The molecule has 1 aliphatic carbocycles. The van der Waals surface area contributed by atoms with Crippen molar-refractivity contribution in [2.45, 2.75) is 38.1 Å². The third-order valence-corrected chi connectivity index (χ3v) is 4.62. The molecule has 1 aromatic rings. The van der Waals surface area contributed by atoms with Gasteiger partial charge < -0.3 is 5.73 Å². The van der Waals surface area contributed by atoms with Crippen molar-refractivity contribution < 1.29 is 0 Å². The lowest BCUT2D eigenvalue weighted by molar-refractivity contribution is 0.199. The molecule has 3 rings (SSSR count). The van der Waals surface area contributed by atoms with Gasteiger partial charge in [-0.25, -0.2) is 0 Å². The number of hydrogen-bond acceptors (Lipinski definition) is 3. The molecular weight excluding hydrogens is 222 g/mol. The van der Waals surface area contributed by atoms with Crippen molar-refractivity contribution in [3.63, 3.8) is 0 Å². The highest BCUT2D eigenvalue weighted by molar-refractivity contribution is 5.17. The van der Waals surface area contributed by atoms with Crippen LogP contribution in [-0.4, -0.2) is 29.5 Å². The third kappa shape index (κ3) is 2.43. The van der Waals surface area contributed by atoms with Gasteiger partial charge in [-0.1, -0.05) is 0 Å². The topological polar surface area (TPSA) is 42.1 Å². The van der Waals surface area contributed by atoms with Crippen LogP contribution in [-0.2, 0) is 0 Å². The molecule has 1 aliphatic heterocycles. The molecule has 2 heterocycles. The summed E-state index contributed by atoms with van der Waals surface area (Å²) in [6.45, 7) is 3.34. The summed E-state index contributed by atoms with van der Waals surface area (Å²) >= 11 is 0. The van der Waals surface area contributed by atoms with Crippen LogP contribution in [0.15, 0.2) is 24.5 Å². The Balaban J connectivity index is 1.68. The van der Waals surface area contributed by atoms with Crippen LogP contribution >= 0.6 is 0 Å². The van der Waals surface area contributed by atoms with Crippen LogP contribution < -0.4 is 5.73 Å². The quantitative estimate of drug-likeness (QED) is 0.866. The van der Waals surface area contributed by atoms with E-state index in [4.69, 9.17) is 5.73 Å². The number of nitrogens with two attached hydrogens (primary N) is 1. The van der Waals surface area contributed by atoms with Gasteiger partial charge in [0.25, 0.3) is 0 Å². The summed E-state index contributed by atoms with van der Waals surface area (Å²) in [6, 6.07) is 4.96. The molecule has 98 valence electrons. The summed E-state index contributed by atoms with van der Waals surface area (Å²) in [5.41, 5.74) is 7.74. The third-order valence-electron chi connectivity index (χ3n) is 4.62. The maximum absolute atomic E-state index is 5.75. The van der Waals surface area contributed by atoms with Crippen molar-refractivity contribution in [2.75, 3.05) is 19.6 Å². The van der Waals surface area contributed by atoms with Gasteiger partial charge in [0.2, 0.25) is 0 Å². The maximum Gasteiger partial charge on any atom is 0.0349 e. The predicted molar refractivity (Wildman–Crippen MR) is 73.1 cm³/mol. The Morgan fingerprint density at radius 1 is 1.33 bits per heavy atom. The lowest BCUT2D eigenvalue weighted by Gasteiger charge is -2.29. The largest absolute Gasteiger partial charge is 0.330 e. The van der Waals surface area contributed by atoms with Crippen LogP contribution in [0.5, 0.6) is 0 Å². The first kappa shape index (κ1) is 12.1.